The van der Waals surface area contributed by atoms with Gasteiger partial charge in [0.15, 0.2) is 23.0 Å². The van der Waals surface area contributed by atoms with Crippen LogP contribution in [0, 0.1) is 40.4 Å². The van der Waals surface area contributed by atoms with E-state index in [4.69, 9.17) is 24.1 Å². The van der Waals surface area contributed by atoms with Gasteiger partial charge in [0.2, 0.25) is 5.91 Å². The number of rotatable bonds is 16. The molecule has 3 aromatic rings. The molecule has 11 atom stereocenters. The van der Waals surface area contributed by atoms with E-state index in [1.807, 2.05) is 55.5 Å². The summed E-state index contributed by atoms with van der Waals surface area (Å²) in [5.74, 6) is -7.09. The average Bonchev–Trinajstić information content (AvgIpc) is 4.02. The van der Waals surface area contributed by atoms with E-state index in [9.17, 15) is 29.1 Å². The van der Waals surface area contributed by atoms with E-state index in [-0.39, 0.29) is 43.6 Å². The number of halogens is 1. The number of aliphatic hydroxyl groups excluding tert-OH is 1. The zero-order valence-corrected chi connectivity index (χ0v) is 38.2. The number of aliphatic hydroxyl groups is 1. The van der Waals surface area contributed by atoms with E-state index >= 15 is 4.39 Å². The summed E-state index contributed by atoms with van der Waals surface area (Å²) in [6.07, 6.45) is 9.26. The van der Waals surface area contributed by atoms with Gasteiger partial charge in [-0.3, -0.25) is 33.1 Å². The Labute approximate surface area is 382 Å². The number of Topliss-reactive ketones (excluding diaryl/α,β-unsaturated/α-hetero) is 1. The van der Waals surface area contributed by atoms with E-state index in [0.29, 0.717) is 36.9 Å². The van der Waals surface area contributed by atoms with Crippen molar-refractivity contribution in [1.82, 2.24) is 4.98 Å². The van der Waals surface area contributed by atoms with Crippen molar-refractivity contribution in [3.8, 4) is 0 Å². The number of hydrogen-bond donors (Lipinski definition) is 3. The van der Waals surface area contributed by atoms with Gasteiger partial charge in [0.05, 0.1) is 42.5 Å². The number of hydrogen-bond acceptors (Lipinski definition) is 13. The molecule has 2 aromatic carbocycles. The van der Waals surface area contributed by atoms with Crippen LogP contribution < -0.4 is 11.1 Å². The SMILES string of the molecule is CSOC(C)(C)O[C@@H]1C[C@H]2[C@@H]3CCC4=CC(=O)C=C[C@]4(C)[C@@]3(F)[C@@H](O)C[C@]2(C)[C@H]1C(=O)COC(=O)C1CC1C(=O)OCCc1ccc(C(CN)C(=O)Nc2ccc3cnccc3c2)cc1. The van der Waals surface area contributed by atoms with Crippen molar-refractivity contribution >= 4 is 57.9 Å². The number of nitrogens with one attached hydrogen (secondary N) is 1. The predicted octanol–water partition coefficient (Wildman–Crippen LogP) is 6.76. The van der Waals surface area contributed by atoms with Crippen molar-refractivity contribution in [2.75, 3.05) is 31.3 Å². The summed E-state index contributed by atoms with van der Waals surface area (Å²) < 4.78 is 41.3. The fourth-order valence-corrected chi connectivity index (χ4v) is 12.1. The van der Waals surface area contributed by atoms with Crippen molar-refractivity contribution in [3.63, 3.8) is 0 Å². The molecule has 5 aliphatic rings. The van der Waals surface area contributed by atoms with E-state index in [0.717, 1.165) is 33.9 Å². The molecule has 0 bridgehead atoms. The number of esters is 2. The number of alkyl halides is 1. The Balaban J connectivity index is 0.848. The highest BCUT2D eigenvalue weighted by Gasteiger charge is 2.72. The first-order valence-corrected chi connectivity index (χ1v) is 23.6. The number of carbonyl (C=O) groups is 5. The number of ketones is 2. The number of nitrogens with zero attached hydrogens (tertiary/aromatic N) is 1. The topological polar surface area (TPSA) is 193 Å². The van der Waals surface area contributed by atoms with Crippen LogP contribution in [0.4, 0.5) is 10.1 Å². The van der Waals surface area contributed by atoms with Crippen LogP contribution in [0.25, 0.3) is 10.8 Å². The molecule has 1 amide bonds. The van der Waals surface area contributed by atoms with Gasteiger partial charge in [0.1, 0.15) is 6.61 Å². The third-order valence-corrected chi connectivity index (χ3v) is 15.5. The molecule has 4 saturated carbocycles. The number of amides is 1. The molecule has 4 fully saturated rings. The summed E-state index contributed by atoms with van der Waals surface area (Å²) >= 11 is 1.11. The Hall–Kier alpha value is -4.80. The van der Waals surface area contributed by atoms with Gasteiger partial charge in [-0.2, -0.15) is 0 Å². The monoisotopic (exact) mass is 911 g/mol. The van der Waals surface area contributed by atoms with Crippen molar-refractivity contribution in [2.45, 2.75) is 95.8 Å². The minimum Gasteiger partial charge on any atom is -0.465 e. The van der Waals surface area contributed by atoms with Gasteiger partial charge in [0, 0.05) is 54.0 Å². The minimum absolute atomic E-state index is 0.0410. The van der Waals surface area contributed by atoms with Crippen LogP contribution in [0.3, 0.4) is 0 Å². The lowest BCUT2D eigenvalue weighted by Crippen LogP contribution is -2.66. The molecule has 8 rings (SSSR count). The second kappa shape index (κ2) is 18.1. The number of carbonyl (C=O) groups excluding carboxylic acids is 5. The number of allylic oxidation sites excluding steroid dienone is 4. The van der Waals surface area contributed by atoms with Crippen molar-refractivity contribution in [1.29, 1.82) is 0 Å². The highest BCUT2D eigenvalue weighted by Crippen LogP contribution is 2.69. The number of fused-ring (bicyclic) bond motifs is 6. The van der Waals surface area contributed by atoms with Gasteiger partial charge in [-0.1, -0.05) is 48.9 Å². The van der Waals surface area contributed by atoms with Crippen LogP contribution in [0.15, 0.2) is 84.7 Å². The third-order valence-electron chi connectivity index (χ3n) is 14.9. The molecular formula is C50H58FN3O10S. The maximum atomic E-state index is 17.8. The molecule has 5 aliphatic carbocycles. The van der Waals surface area contributed by atoms with Gasteiger partial charge in [-0.25, -0.2) is 4.39 Å². The largest absolute Gasteiger partial charge is 0.465 e. The maximum Gasteiger partial charge on any atom is 0.310 e. The first-order valence-electron chi connectivity index (χ1n) is 22.4. The molecule has 346 valence electrons. The first kappa shape index (κ1) is 46.7. The first-order chi connectivity index (χ1) is 30.9. The maximum absolute atomic E-state index is 17.8. The molecule has 1 aromatic heterocycles. The zero-order valence-electron chi connectivity index (χ0n) is 37.4. The van der Waals surface area contributed by atoms with Crippen LogP contribution in [0.1, 0.15) is 76.8 Å². The fourth-order valence-electron chi connectivity index (χ4n) is 11.6. The molecule has 0 spiro atoms. The lowest BCUT2D eigenvalue weighted by atomic mass is 9.45. The van der Waals surface area contributed by atoms with Gasteiger partial charge in [-0.05, 0) is 123 Å². The Morgan fingerprint density at radius 1 is 1.02 bits per heavy atom. The van der Waals surface area contributed by atoms with Crippen LogP contribution in [-0.2, 0) is 48.8 Å². The number of ether oxygens (including phenoxy) is 3. The molecule has 65 heavy (non-hydrogen) atoms. The van der Waals surface area contributed by atoms with E-state index < -0.39 is 88.4 Å². The summed E-state index contributed by atoms with van der Waals surface area (Å²) in [4.78, 5) is 70.2. The molecule has 0 aliphatic heterocycles. The Kier molecular flexibility index (Phi) is 13.0. The number of nitrogens with two attached hydrogens (primary N) is 1. The van der Waals surface area contributed by atoms with Crippen molar-refractivity contribution < 1.29 is 51.9 Å². The summed E-state index contributed by atoms with van der Waals surface area (Å²) in [7, 11) is 0. The number of anilines is 1. The summed E-state index contributed by atoms with van der Waals surface area (Å²) in [5.41, 5.74) is 4.77. The van der Waals surface area contributed by atoms with Crippen molar-refractivity contribution in [2.24, 2.45) is 46.2 Å². The van der Waals surface area contributed by atoms with Gasteiger partial charge in [0.25, 0.3) is 0 Å². The summed E-state index contributed by atoms with van der Waals surface area (Å²) in [6, 6.07) is 14.9. The standard InChI is InChI=1S/C50H58FN3O10S/c1-47(2,64-65-5)63-41-23-39-38-13-11-32-21-34(55)14-17-49(32,4)50(38,51)42(57)24-48(39,3)43(41)40(56)27-62-46(60)36-22-35(36)45(59)61-19-16-28-6-8-29(9-7-28)37(25-52)44(58)54-33-12-10-31-26-53-18-15-30(31)20-33/h6-10,12,14-15,17-18,20-21,26,35-39,41-43,57H,11,13,16,19,22-25,27,52H2,1-5H3,(H,54,58)/t35?,36?,37?,38-,39-,41+,42-,43-,48-,49-,50-/m0/s1. The molecule has 0 saturated heterocycles. The molecule has 13 nitrogen and oxygen atoms in total. The second-order valence-electron chi connectivity index (χ2n) is 19.3. The Morgan fingerprint density at radius 2 is 1.75 bits per heavy atom. The smallest absolute Gasteiger partial charge is 0.310 e. The van der Waals surface area contributed by atoms with E-state index in [2.05, 4.69) is 10.3 Å². The number of pyridine rings is 1. The highest BCUT2D eigenvalue weighted by molar-refractivity contribution is 7.93. The van der Waals surface area contributed by atoms with E-state index in [1.165, 1.54) is 12.2 Å². The lowest BCUT2D eigenvalue weighted by Gasteiger charge is -2.61. The average molecular weight is 912 g/mol. The second-order valence-corrected chi connectivity index (χ2v) is 19.8. The number of aromatic nitrogens is 1. The summed E-state index contributed by atoms with van der Waals surface area (Å²) in [6.45, 7) is 6.72. The van der Waals surface area contributed by atoms with Gasteiger partial charge in [-0.15, -0.1) is 0 Å². The quantitative estimate of drug-likeness (QED) is 0.0776. The third kappa shape index (κ3) is 8.82. The van der Waals surface area contributed by atoms with Crippen LogP contribution in [-0.4, -0.2) is 89.2 Å². The van der Waals surface area contributed by atoms with Crippen LogP contribution in [0.5, 0.6) is 0 Å². The Bertz CT molecular complexity index is 2430. The normalized spacial score (nSPS) is 31.8. The van der Waals surface area contributed by atoms with Crippen LogP contribution in [0.2, 0.25) is 0 Å². The number of benzene rings is 2. The molecule has 15 heteroatoms. The molecule has 0 radical (unpaired) electrons. The van der Waals surface area contributed by atoms with Crippen molar-refractivity contribution in [3.05, 3.63) is 95.9 Å². The zero-order chi connectivity index (χ0) is 46.5. The summed E-state index contributed by atoms with van der Waals surface area (Å²) in [5, 5.41) is 16.7. The molecule has 1 heterocycles. The van der Waals surface area contributed by atoms with Gasteiger partial charge >= 0.3 is 11.9 Å². The molecule has 3 unspecified atom stereocenters. The predicted molar refractivity (Wildman–Crippen MR) is 242 cm³/mol. The van der Waals surface area contributed by atoms with Gasteiger partial charge < -0.3 is 30.4 Å². The fraction of sp³-hybridized carbons (Fsp3) is 0.520. The van der Waals surface area contributed by atoms with E-state index in [1.54, 1.807) is 45.5 Å². The van der Waals surface area contributed by atoms with Crippen LogP contribution >= 0.6 is 12.0 Å². The molecular weight excluding hydrogens is 854 g/mol. The highest BCUT2D eigenvalue weighted by atomic mass is 32.2. The lowest BCUT2D eigenvalue weighted by molar-refractivity contribution is -0.202. The molecule has 4 N–H and O–H groups in total. The minimum atomic E-state index is -2.09. The Morgan fingerprint density at radius 3 is 2.48 bits per heavy atom.